The van der Waals surface area contributed by atoms with Crippen molar-refractivity contribution in [2.45, 2.75) is 38.6 Å². The van der Waals surface area contributed by atoms with E-state index in [2.05, 4.69) is 20.2 Å². The number of hydrogen-bond donors (Lipinski definition) is 3. The van der Waals surface area contributed by atoms with Gasteiger partial charge >= 0.3 is 0 Å². The molecule has 182 valence electrons. The van der Waals surface area contributed by atoms with Crippen molar-refractivity contribution < 1.29 is 22.1 Å². The molecule has 0 bridgehead atoms. The molecule has 1 unspecified atom stereocenters. The van der Waals surface area contributed by atoms with E-state index in [1.54, 1.807) is 12.1 Å². The van der Waals surface area contributed by atoms with Gasteiger partial charge in [0.15, 0.2) is 0 Å². The van der Waals surface area contributed by atoms with Crippen LogP contribution in [-0.4, -0.2) is 31.1 Å². The molecule has 0 spiro atoms. The standard InChI is InChI=1S/C23H28FN5O4S/c1-14(2)19(25)21-27-20(28-33-21)15-5-11-18(12-6-15)34(31,32)29-17-9-7-16(8-10-17)26-22(30)23(3,4)13-24/h5-12,14,19,29H,13,25H2,1-4H3,(H,26,30). The first-order valence-corrected chi connectivity index (χ1v) is 12.1. The number of sulfonamides is 1. The van der Waals surface area contributed by atoms with Crippen LogP contribution in [0.15, 0.2) is 57.9 Å². The monoisotopic (exact) mass is 489 g/mol. The Morgan fingerprint density at radius 3 is 2.24 bits per heavy atom. The minimum absolute atomic E-state index is 0.0425. The Morgan fingerprint density at radius 2 is 1.68 bits per heavy atom. The van der Waals surface area contributed by atoms with Crippen LogP contribution < -0.4 is 15.8 Å². The van der Waals surface area contributed by atoms with Crippen LogP contribution in [0.4, 0.5) is 15.8 Å². The Balaban J connectivity index is 1.69. The average Bonchev–Trinajstić information content (AvgIpc) is 3.30. The van der Waals surface area contributed by atoms with Crippen LogP contribution in [0.3, 0.4) is 0 Å². The summed E-state index contributed by atoms with van der Waals surface area (Å²) in [6.45, 7) is 6.08. The number of benzene rings is 2. The van der Waals surface area contributed by atoms with Crippen LogP contribution in [0.2, 0.25) is 0 Å². The topological polar surface area (TPSA) is 140 Å². The predicted octanol–water partition coefficient (Wildman–Crippen LogP) is 4.13. The van der Waals surface area contributed by atoms with E-state index in [0.717, 1.165) is 0 Å². The number of alkyl halides is 1. The zero-order valence-corrected chi connectivity index (χ0v) is 20.2. The molecule has 3 rings (SSSR count). The Bertz CT molecular complexity index is 1240. The first-order valence-electron chi connectivity index (χ1n) is 10.6. The van der Waals surface area contributed by atoms with Crippen molar-refractivity contribution in [3.8, 4) is 11.4 Å². The zero-order chi connectivity index (χ0) is 25.1. The van der Waals surface area contributed by atoms with Crippen molar-refractivity contribution in [3.63, 3.8) is 0 Å². The second kappa shape index (κ2) is 9.90. The molecule has 9 nitrogen and oxygen atoms in total. The molecule has 1 amide bonds. The molecule has 0 saturated carbocycles. The number of nitrogens with two attached hydrogens (primary N) is 1. The number of aromatic nitrogens is 2. The molecule has 11 heteroatoms. The molecular weight excluding hydrogens is 461 g/mol. The van der Waals surface area contributed by atoms with E-state index in [9.17, 15) is 17.6 Å². The molecule has 0 aliphatic rings. The fourth-order valence-corrected chi connectivity index (χ4v) is 3.81. The number of nitrogens with one attached hydrogen (secondary N) is 2. The summed E-state index contributed by atoms with van der Waals surface area (Å²) in [6, 6.07) is 11.7. The lowest BCUT2D eigenvalue weighted by molar-refractivity contribution is -0.124. The van der Waals surface area contributed by atoms with Crippen LogP contribution in [0.5, 0.6) is 0 Å². The molecule has 3 aromatic rings. The maximum Gasteiger partial charge on any atom is 0.261 e. The minimum atomic E-state index is -3.87. The first kappa shape index (κ1) is 25.3. The van der Waals surface area contributed by atoms with Crippen molar-refractivity contribution in [3.05, 3.63) is 54.4 Å². The van der Waals surface area contributed by atoms with E-state index in [1.165, 1.54) is 50.2 Å². The van der Waals surface area contributed by atoms with Gasteiger partial charge in [0.1, 0.15) is 6.67 Å². The maximum absolute atomic E-state index is 13.0. The minimum Gasteiger partial charge on any atom is -0.337 e. The Hall–Kier alpha value is -3.31. The molecule has 0 saturated heterocycles. The van der Waals surface area contributed by atoms with Crippen molar-refractivity contribution in [1.29, 1.82) is 0 Å². The number of anilines is 2. The van der Waals surface area contributed by atoms with Crippen molar-refractivity contribution >= 4 is 27.3 Å². The third-order valence-electron chi connectivity index (χ3n) is 5.21. The van der Waals surface area contributed by atoms with E-state index in [4.69, 9.17) is 10.3 Å². The van der Waals surface area contributed by atoms with Gasteiger partial charge in [-0.05, 0) is 68.3 Å². The number of nitrogens with zero attached hydrogens (tertiary/aromatic N) is 2. The molecule has 2 aromatic carbocycles. The van der Waals surface area contributed by atoms with Crippen LogP contribution in [-0.2, 0) is 14.8 Å². The molecule has 1 heterocycles. The van der Waals surface area contributed by atoms with Gasteiger partial charge in [-0.1, -0.05) is 19.0 Å². The van der Waals surface area contributed by atoms with Gasteiger partial charge < -0.3 is 15.6 Å². The lowest BCUT2D eigenvalue weighted by Crippen LogP contribution is -2.32. The second-order valence-corrected chi connectivity index (χ2v) is 10.6. The van der Waals surface area contributed by atoms with E-state index in [-0.39, 0.29) is 16.9 Å². The number of rotatable bonds is 9. The van der Waals surface area contributed by atoms with Crippen LogP contribution >= 0.6 is 0 Å². The van der Waals surface area contributed by atoms with Gasteiger partial charge in [0.25, 0.3) is 10.0 Å². The maximum atomic E-state index is 13.0. The highest BCUT2D eigenvalue weighted by Gasteiger charge is 2.27. The Kier molecular flexibility index (Phi) is 7.37. The summed E-state index contributed by atoms with van der Waals surface area (Å²) < 4.78 is 46.2. The van der Waals surface area contributed by atoms with Gasteiger partial charge in [-0.2, -0.15) is 4.98 Å². The van der Waals surface area contributed by atoms with Gasteiger partial charge in [-0.25, -0.2) is 12.8 Å². The third-order valence-corrected chi connectivity index (χ3v) is 6.61. The smallest absolute Gasteiger partial charge is 0.261 e. The number of hydrogen-bond acceptors (Lipinski definition) is 7. The van der Waals surface area contributed by atoms with Crippen LogP contribution in [0.25, 0.3) is 11.4 Å². The molecule has 4 N–H and O–H groups in total. The highest BCUT2D eigenvalue weighted by molar-refractivity contribution is 7.92. The SMILES string of the molecule is CC(C)C(N)c1nc(-c2ccc(S(=O)(=O)Nc3ccc(NC(=O)C(C)(C)CF)cc3)cc2)no1. The lowest BCUT2D eigenvalue weighted by atomic mass is 9.94. The number of amides is 1. The largest absolute Gasteiger partial charge is 0.337 e. The molecule has 0 radical (unpaired) electrons. The predicted molar refractivity (Wildman–Crippen MR) is 127 cm³/mol. The molecule has 34 heavy (non-hydrogen) atoms. The zero-order valence-electron chi connectivity index (χ0n) is 19.4. The summed E-state index contributed by atoms with van der Waals surface area (Å²) in [4.78, 5) is 16.4. The van der Waals surface area contributed by atoms with Crippen LogP contribution in [0, 0.1) is 11.3 Å². The van der Waals surface area contributed by atoms with Crippen molar-refractivity contribution in [2.24, 2.45) is 17.1 Å². The summed E-state index contributed by atoms with van der Waals surface area (Å²) >= 11 is 0. The van der Waals surface area contributed by atoms with Gasteiger partial charge in [0, 0.05) is 16.9 Å². The van der Waals surface area contributed by atoms with Gasteiger partial charge in [0.05, 0.1) is 16.4 Å². The van der Waals surface area contributed by atoms with Crippen LogP contribution in [0.1, 0.15) is 39.6 Å². The molecule has 0 fully saturated rings. The van der Waals surface area contributed by atoms with Gasteiger partial charge in [0.2, 0.25) is 17.6 Å². The van der Waals surface area contributed by atoms with E-state index in [1.807, 2.05) is 13.8 Å². The average molecular weight is 490 g/mol. The molecule has 1 aromatic heterocycles. The highest BCUT2D eigenvalue weighted by atomic mass is 32.2. The fourth-order valence-electron chi connectivity index (χ4n) is 2.75. The lowest BCUT2D eigenvalue weighted by Gasteiger charge is -2.19. The summed E-state index contributed by atoms with van der Waals surface area (Å²) in [5.74, 6) is 0.287. The Morgan fingerprint density at radius 1 is 1.09 bits per heavy atom. The quantitative estimate of drug-likeness (QED) is 0.410. The highest BCUT2D eigenvalue weighted by Crippen LogP contribution is 2.25. The summed E-state index contributed by atoms with van der Waals surface area (Å²) in [5, 5.41) is 6.52. The van der Waals surface area contributed by atoms with Gasteiger partial charge in [-0.3, -0.25) is 9.52 Å². The first-order chi connectivity index (χ1) is 15.9. The third kappa shape index (κ3) is 5.78. The normalized spacial score (nSPS) is 13.0. The van der Waals surface area contributed by atoms with Crippen molar-refractivity contribution in [1.82, 2.24) is 10.1 Å². The molecule has 1 atom stereocenters. The summed E-state index contributed by atoms with van der Waals surface area (Å²) in [7, 11) is -3.87. The van der Waals surface area contributed by atoms with E-state index >= 15 is 0 Å². The number of carbonyl (C=O) groups excluding carboxylic acids is 1. The second-order valence-electron chi connectivity index (χ2n) is 8.90. The number of carbonyl (C=O) groups is 1. The number of halogens is 1. The fraction of sp³-hybridized carbons (Fsp3) is 0.348. The van der Waals surface area contributed by atoms with E-state index < -0.39 is 28.0 Å². The van der Waals surface area contributed by atoms with Crippen molar-refractivity contribution in [2.75, 3.05) is 16.7 Å². The van der Waals surface area contributed by atoms with E-state index in [0.29, 0.717) is 28.7 Å². The molecular formula is C23H28FN5O4S. The van der Waals surface area contributed by atoms with Gasteiger partial charge in [-0.15, -0.1) is 0 Å². The summed E-state index contributed by atoms with van der Waals surface area (Å²) in [5.41, 5.74) is 6.18. The molecule has 0 aliphatic heterocycles. The Labute approximate surface area is 198 Å². The summed E-state index contributed by atoms with van der Waals surface area (Å²) in [6.07, 6.45) is 0. The molecule has 0 aliphatic carbocycles.